The first-order valence-electron chi connectivity index (χ1n) is 6.16. The molecule has 2 atom stereocenters. The highest BCUT2D eigenvalue weighted by atomic mass is 15.2. The minimum atomic E-state index is 0.713. The molecule has 0 aromatic heterocycles. The lowest BCUT2D eigenvalue weighted by molar-refractivity contribution is 0.123. The maximum absolute atomic E-state index is 3.62. The van der Waals surface area contributed by atoms with Crippen molar-refractivity contribution in [3.8, 4) is 0 Å². The van der Waals surface area contributed by atoms with Gasteiger partial charge in [-0.1, -0.05) is 13.8 Å². The molecule has 82 valence electrons. The summed E-state index contributed by atoms with van der Waals surface area (Å²) in [6.45, 7) is 10.8. The van der Waals surface area contributed by atoms with Gasteiger partial charge in [-0.15, -0.1) is 0 Å². The van der Waals surface area contributed by atoms with Crippen molar-refractivity contribution in [2.75, 3.05) is 19.6 Å². The summed E-state index contributed by atoms with van der Waals surface area (Å²) < 4.78 is 0. The molecule has 1 heterocycles. The van der Waals surface area contributed by atoms with Crippen LogP contribution in [0, 0.1) is 11.8 Å². The molecular weight excluding hydrogens is 172 g/mol. The zero-order chi connectivity index (χ0) is 10.1. The van der Waals surface area contributed by atoms with E-state index in [1.165, 1.54) is 32.5 Å². The van der Waals surface area contributed by atoms with E-state index in [2.05, 4.69) is 31.0 Å². The third kappa shape index (κ3) is 2.29. The summed E-state index contributed by atoms with van der Waals surface area (Å²) in [6.07, 6.45) is 2.94. The van der Waals surface area contributed by atoms with E-state index in [0.29, 0.717) is 6.04 Å². The monoisotopic (exact) mass is 196 g/mol. The molecule has 2 nitrogen and oxygen atoms in total. The Morgan fingerprint density at radius 3 is 2.50 bits per heavy atom. The third-order valence-corrected chi connectivity index (χ3v) is 3.92. The van der Waals surface area contributed by atoms with Gasteiger partial charge in [-0.05, 0) is 31.6 Å². The van der Waals surface area contributed by atoms with Crippen molar-refractivity contribution >= 4 is 0 Å². The average Bonchev–Trinajstić information content (AvgIpc) is 3.00. The maximum Gasteiger partial charge on any atom is 0.0218 e. The highest BCUT2D eigenvalue weighted by Crippen LogP contribution is 2.35. The zero-order valence-electron chi connectivity index (χ0n) is 9.79. The van der Waals surface area contributed by atoms with Crippen LogP contribution in [-0.4, -0.2) is 36.6 Å². The van der Waals surface area contributed by atoms with Gasteiger partial charge in [0.2, 0.25) is 0 Å². The van der Waals surface area contributed by atoms with E-state index >= 15 is 0 Å². The normalized spacial score (nSPS) is 32.1. The summed E-state index contributed by atoms with van der Waals surface area (Å²) in [7, 11) is 0. The van der Waals surface area contributed by atoms with Gasteiger partial charge in [0, 0.05) is 31.7 Å². The molecule has 0 aromatic carbocycles. The van der Waals surface area contributed by atoms with Crippen LogP contribution >= 0.6 is 0 Å². The molecular formula is C12H24N2. The summed E-state index contributed by atoms with van der Waals surface area (Å²) in [5.41, 5.74) is 0. The van der Waals surface area contributed by atoms with E-state index in [1.54, 1.807) is 0 Å². The molecule has 1 aliphatic carbocycles. The topological polar surface area (TPSA) is 15.3 Å². The first kappa shape index (κ1) is 10.4. The lowest BCUT2D eigenvalue weighted by Gasteiger charge is -2.39. The number of nitrogens with zero attached hydrogens (tertiary/aromatic N) is 1. The molecule has 1 saturated heterocycles. The summed E-state index contributed by atoms with van der Waals surface area (Å²) in [4.78, 5) is 2.69. The largest absolute Gasteiger partial charge is 0.311 e. The Bertz CT molecular complexity index is 187. The molecule has 0 amide bonds. The molecule has 1 N–H and O–H groups in total. The molecule has 2 fully saturated rings. The molecule has 0 bridgehead atoms. The molecule has 14 heavy (non-hydrogen) atoms. The van der Waals surface area contributed by atoms with E-state index < -0.39 is 0 Å². The standard InChI is InChI=1S/C12H24N2/c1-9(2)12-8-14(7-6-13-12)10(3)11-4-5-11/h9-13H,4-8H2,1-3H3. The predicted molar refractivity (Wildman–Crippen MR) is 60.4 cm³/mol. The highest BCUT2D eigenvalue weighted by Gasteiger charge is 2.34. The van der Waals surface area contributed by atoms with Crippen molar-refractivity contribution in [1.29, 1.82) is 0 Å². The molecule has 2 heteroatoms. The van der Waals surface area contributed by atoms with Crippen molar-refractivity contribution in [2.45, 2.75) is 45.7 Å². The van der Waals surface area contributed by atoms with Crippen LogP contribution in [0.5, 0.6) is 0 Å². The van der Waals surface area contributed by atoms with Crippen molar-refractivity contribution in [1.82, 2.24) is 10.2 Å². The number of piperazine rings is 1. The van der Waals surface area contributed by atoms with Crippen LogP contribution in [-0.2, 0) is 0 Å². The van der Waals surface area contributed by atoms with Crippen molar-refractivity contribution in [3.63, 3.8) is 0 Å². The second-order valence-electron chi connectivity index (χ2n) is 5.38. The molecule has 0 spiro atoms. The van der Waals surface area contributed by atoms with Gasteiger partial charge in [-0.25, -0.2) is 0 Å². The minimum absolute atomic E-state index is 0.713. The number of hydrogen-bond donors (Lipinski definition) is 1. The van der Waals surface area contributed by atoms with Gasteiger partial charge < -0.3 is 5.32 Å². The maximum atomic E-state index is 3.62. The first-order valence-corrected chi connectivity index (χ1v) is 6.16. The summed E-state index contributed by atoms with van der Waals surface area (Å²) in [5, 5.41) is 3.62. The molecule has 2 rings (SSSR count). The van der Waals surface area contributed by atoms with Crippen LogP contribution < -0.4 is 5.32 Å². The van der Waals surface area contributed by atoms with Crippen LogP contribution in [0.2, 0.25) is 0 Å². The predicted octanol–water partition coefficient (Wildman–Crippen LogP) is 1.71. The van der Waals surface area contributed by atoms with Crippen LogP contribution in [0.3, 0.4) is 0 Å². The Kier molecular flexibility index (Phi) is 3.13. The number of hydrogen-bond acceptors (Lipinski definition) is 2. The molecule has 1 saturated carbocycles. The van der Waals surface area contributed by atoms with Gasteiger partial charge in [0.15, 0.2) is 0 Å². The summed E-state index contributed by atoms with van der Waals surface area (Å²) >= 11 is 0. The fourth-order valence-corrected chi connectivity index (χ4v) is 2.50. The van der Waals surface area contributed by atoms with Crippen molar-refractivity contribution < 1.29 is 0 Å². The van der Waals surface area contributed by atoms with Gasteiger partial charge in [-0.2, -0.15) is 0 Å². The average molecular weight is 196 g/mol. The highest BCUT2D eigenvalue weighted by molar-refractivity contribution is 4.90. The first-order chi connectivity index (χ1) is 6.68. The Morgan fingerprint density at radius 2 is 1.93 bits per heavy atom. The molecule has 1 aliphatic heterocycles. The van der Waals surface area contributed by atoms with E-state index in [1.807, 2.05) is 0 Å². The minimum Gasteiger partial charge on any atom is -0.311 e. The molecule has 0 radical (unpaired) electrons. The zero-order valence-corrected chi connectivity index (χ0v) is 9.79. The van der Waals surface area contributed by atoms with Gasteiger partial charge in [0.25, 0.3) is 0 Å². The summed E-state index contributed by atoms with van der Waals surface area (Å²) in [6, 6.07) is 1.54. The fraction of sp³-hybridized carbons (Fsp3) is 1.00. The number of rotatable bonds is 3. The number of nitrogens with one attached hydrogen (secondary N) is 1. The quantitative estimate of drug-likeness (QED) is 0.739. The Labute approximate surface area is 88.1 Å². The van der Waals surface area contributed by atoms with Gasteiger partial charge in [0.1, 0.15) is 0 Å². The van der Waals surface area contributed by atoms with Gasteiger partial charge in [-0.3, -0.25) is 4.90 Å². The molecule has 0 aromatic rings. The van der Waals surface area contributed by atoms with Gasteiger partial charge in [0.05, 0.1) is 0 Å². The third-order valence-electron chi connectivity index (χ3n) is 3.92. The van der Waals surface area contributed by atoms with E-state index in [4.69, 9.17) is 0 Å². The van der Waals surface area contributed by atoms with E-state index in [0.717, 1.165) is 17.9 Å². The van der Waals surface area contributed by atoms with Crippen LogP contribution in [0.1, 0.15) is 33.6 Å². The molecule has 2 aliphatic rings. The van der Waals surface area contributed by atoms with E-state index in [9.17, 15) is 0 Å². The Morgan fingerprint density at radius 1 is 1.21 bits per heavy atom. The van der Waals surface area contributed by atoms with Crippen molar-refractivity contribution in [3.05, 3.63) is 0 Å². The Hall–Kier alpha value is -0.0800. The van der Waals surface area contributed by atoms with Crippen LogP contribution in [0.4, 0.5) is 0 Å². The SMILES string of the molecule is CC(C)C1CN(C(C)C2CC2)CCN1. The molecule has 2 unspecified atom stereocenters. The fourth-order valence-electron chi connectivity index (χ4n) is 2.50. The lowest BCUT2D eigenvalue weighted by atomic mass is 10.0. The summed E-state index contributed by atoms with van der Waals surface area (Å²) in [5.74, 6) is 1.78. The second kappa shape index (κ2) is 4.19. The Balaban J connectivity index is 1.86. The van der Waals surface area contributed by atoms with Crippen molar-refractivity contribution in [2.24, 2.45) is 11.8 Å². The van der Waals surface area contributed by atoms with E-state index in [-0.39, 0.29) is 0 Å². The lowest BCUT2D eigenvalue weighted by Crippen LogP contribution is -2.55. The van der Waals surface area contributed by atoms with Gasteiger partial charge >= 0.3 is 0 Å². The van der Waals surface area contributed by atoms with Crippen LogP contribution in [0.15, 0.2) is 0 Å². The van der Waals surface area contributed by atoms with Crippen LogP contribution in [0.25, 0.3) is 0 Å². The second-order valence-corrected chi connectivity index (χ2v) is 5.38. The smallest absolute Gasteiger partial charge is 0.0218 e.